The quantitative estimate of drug-likeness (QED) is 0.803. The predicted molar refractivity (Wildman–Crippen MR) is 55.8 cm³/mol. The van der Waals surface area contributed by atoms with Crippen molar-refractivity contribution in [1.29, 1.82) is 0 Å². The Bertz CT molecular complexity index is 304. The summed E-state index contributed by atoms with van der Waals surface area (Å²) in [4.78, 5) is 4.28. The predicted octanol–water partition coefficient (Wildman–Crippen LogP) is 2.57. The number of halogens is 1. The van der Waals surface area contributed by atoms with Crippen molar-refractivity contribution in [1.82, 2.24) is 10.3 Å². The van der Waals surface area contributed by atoms with Gasteiger partial charge in [-0.25, -0.2) is 4.39 Å². The number of nitrogens with one attached hydrogen (secondary N) is 1. The van der Waals surface area contributed by atoms with Gasteiger partial charge in [0.2, 0.25) is 0 Å². The number of nitrogens with zero attached hydrogens (tertiary/aromatic N) is 1. The summed E-state index contributed by atoms with van der Waals surface area (Å²) in [6, 6.07) is 5.60. The molecule has 1 heterocycles. The van der Waals surface area contributed by atoms with Gasteiger partial charge in [0.15, 0.2) is 0 Å². The lowest BCUT2D eigenvalue weighted by Crippen LogP contribution is -2.17. The van der Waals surface area contributed by atoms with Gasteiger partial charge in [-0.05, 0) is 40.0 Å². The summed E-state index contributed by atoms with van der Waals surface area (Å²) in [5, 5.41) is 3.07. The Morgan fingerprint density at radius 2 is 2.07 bits per heavy atom. The van der Waals surface area contributed by atoms with Crippen LogP contribution in [0.5, 0.6) is 0 Å². The van der Waals surface area contributed by atoms with Gasteiger partial charge in [-0.2, -0.15) is 0 Å². The van der Waals surface area contributed by atoms with Crippen LogP contribution >= 0.6 is 0 Å². The summed E-state index contributed by atoms with van der Waals surface area (Å²) < 4.78 is 13.6. The second-order valence-electron chi connectivity index (χ2n) is 3.93. The highest BCUT2D eigenvalue weighted by atomic mass is 19.1. The molecular weight excluding hydrogens is 179 g/mol. The normalized spacial score (nSPS) is 14.1. The second-order valence-corrected chi connectivity index (χ2v) is 3.93. The zero-order valence-electron chi connectivity index (χ0n) is 9.13. The standard InChI is InChI=1S/C11H17FN2/c1-8(13-4)9-6-5-7-10(14-9)11(2,3)12/h5-8,13H,1-4H3. The number of rotatable bonds is 3. The first-order valence-electron chi connectivity index (χ1n) is 4.78. The third-order valence-electron chi connectivity index (χ3n) is 2.26. The van der Waals surface area contributed by atoms with Crippen LogP contribution in [0, 0.1) is 0 Å². The lowest BCUT2D eigenvalue weighted by atomic mass is 10.1. The molecule has 1 aromatic rings. The van der Waals surface area contributed by atoms with Gasteiger partial charge < -0.3 is 5.32 Å². The van der Waals surface area contributed by atoms with Gasteiger partial charge in [-0.15, -0.1) is 0 Å². The summed E-state index contributed by atoms with van der Waals surface area (Å²) in [6.07, 6.45) is 0. The van der Waals surface area contributed by atoms with Crippen LogP contribution in [0.2, 0.25) is 0 Å². The highest BCUT2D eigenvalue weighted by Gasteiger charge is 2.21. The van der Waals surface area contributed by atoms with Crippen LogP contribution in [0.3, 0.4) is 0 Å². The molecule has 1 atom stereocenters. The monoisotopic (exact) mass is 196 g/mol. The SMILES string of the molecule is CNC(C)c1cccc(C(C)(C)F)n1. The van der Waals surface area contributed by atoms with E-state index in [0.29, 0.717) is 5.69 Å². The minimum absolute atomic E-state index is 0.150. The van der Waals surface area contributed by atoms with Crippen LogP contribution in [-0.2, 0) is 5.67 Å². The zero-order valence-corrected chi connectivity index (χ0v) is 9.13. The van der Waals surface area contributed by atoms with Crippen molar-refractivity contribution in [3.63, 3.8) is 0 Å². The molecule has 78 valence electrons. The van der Waals surface area contributed by atoms with Crippen LogP contribution in [0.25, 0.3) is 0 Å². The van der Waals surface area contributed by atoms with Crippen molar-refractivity contribution in [2.24, 2.45) is 0 Å². The van der Waals surface area contributed by atoms with Gasteiger partial charge in [-0.1, -0.05) is 6.07 Å². The number of alkyl halides is 1. The Balaban J connectivity index is 3.01. The van der Waals surface area contributed by atoms with Crippen LogP contribution in [-0.4, -0.2) is 12.0 Å². The van der Waals surface area contributed by atoms with E-state index in [1.165, 1.54) is 13.8 Å². The van der Waals surface area contributed by atoms with Gasteiger partial charge in [0.1, 0.15) is 5.67 Å². The molecule has 2 nitrogen and oxygen atoms in total. The largest absolute Gasteiger partial charge is 0.312 e. The highest BCUT2D eigenvalue weighted by Crippen LogP contribution is 2.23. The van der Waals surface area contributed by atoms with Gasteiger partial charge in [0.25, 0.3) is 0 Å². The summed E-state index contributed by atoms with van der Waals surface area (Å²) >= 11 is 0. The fourth-order valence-electron chi connectivity index (χ4n) is 1.17. The molecule has 0 aliphatic rings. The van der Waals surface area contributed by atoms with Crippen LogP contribution in [0.4, 0.5) is 4.39 Å². The fourth-order valence-corrected chi connectivity index (χ4v) is 1.17. The van der Waals surface area contributed by atoms with Crippen molar-refractivity contribution >= 4 is 0 Å². The Morgan fingerprint density at radius 1 is 1.43 bits per heavy atom. The van der Waals surface area contributed by atoms with E-state index >= 15 is 0 Å². The maximum Gasteiger partial charge on any atom is 0.147 e. The van der Waals surface area contributed by atoms with Gasteiger partial charge in [0.05, 0.1) is 11.4 Å². The van der Waals surface area contributed by atoms with E-state index in [0.717, 1.165) is 5.69 Å². The molecule has 0 saturated carbocycles. The lowest BCUT2D eigenvalue weighted by Gasteiger charge is -2.16. The summed E-state index contributed by atoms with van der Waals surface area (Å²) in [5.74, 6) is 0. The number of hydrogen-bond acceptors (Lipinski definition) is 2. The molecule has 14 heavy (non-hydrogen) atoms. The molecule has 1 aromatic heterocycles. The molecule has 0 aromatic carbocycles. The molecule has 0 amide bonds. The number of pyridine rings is 1. The van der Waals surface area contributed by atoms with Crippen LogP contribution < -0.4 is 5.32 Å². The van der Waals surface area contributed by atoms with E-state index < -0.39 is 5.67 Å². The molecule has 0 saturated heterocycles. The second kappa shape index (κ2) is 4.05. The molecule has 0 radical (unpaired) electrons. The van der Waals surface area contributed by atoms with Gasteiger partial charge in [-0.3, -0.25) is 4.98 Å². The Morgan fingerprint density at radius 3 is 2.57 bits per heavy atom. The molecule has 1 N–H and O–H groups in total. The Kier molecular flexibility index (Phi) is 3.21. The van der Waals surface area contributed by atoms with Gasteiger partial charge >= 0.3 is 0 Å². The zero-order chi connectivity index (χ0) is 10.8. The minimum atomic E-state index is -1.37. The minimum Gasteiger partial charge on any atom is -0.312 e. The third-order valence-corrected chi connectivity index (χ3v) is 2.26. The fraction of sp³-hybridized carbons (Fsp3) is 0.545. The first-order chi connectivity index (χ1) is 6.45. The van der Waals surface area contributed by atoms with E-state index in [1.54, 1.807) is 6.07 Å². The third kappa shape index (κ3) is 2.51. The van der Waals surface area contributed by atoms with Crippen molar-refractivity contribution in [2.75, 3.05) is 7.05 Å². The summed E-state index contributed by atoms with van der Waals surface area (Å²) in [6.45, 7) is 5.03. The average Bonchev–Trinajstić information content (AvgIpc) is 2.15. The van der Waals surface area contributed by atoms with E-state index in [2.05, 4.69) is 10.3 Å². The Hall–Kier alpha value is -0.960. The summed E-state index contributed by atoms with van der Waals surface area (Å²) in [7, 11) is 1.86. The van der Waals surface area contributed by atoms with Crippen molar-refractivity contribution < 1.29 is 4.39 Å². The molecule has 0 fully saturated rings. The number of aromatic nitrogens is 1. The Labute approximate surface area is 84.6 Å². The van der Waals surface area contributed by atoms with E-state index in [-0.39, 0.29) is 6.04 Å². The van der Waals surface area contributed by atoms with Crippen molar-refractivity contribution in [2.45, 2.75) is 32.5 Å². The topological polar surface area (TPSA) is 24.9 Å². The molecule has 1 rings (SSSR count). The van der Waals surface area contributed by atoms with E-state index in [1.807, 2.05) is 26.1 Å². The molecule has 0 aliphatic carbocycles. The first-order valence-corrected chi connectivity index (χ1v) is 4.78. The lowest BCUT2D eigenvalue weighted by molar-refractivity contribution is 0.213. The first kappa shape index (κ1) is 11.1. The molecule has 0 aliphatic heterocycles. The molecule has 0 spiro atoms. The molecule has 1 unspecified atom stereocenters. The maximum absolute atomic E-state index is 13.6. The maximum atomic E-state index is 13.6. The molecule has 0 bridgehead atoms. The van der Waals surface area contributed by atoms with Gasteiger partial charge in [0, 0.05) is 6.04 Å². The van der Waals surface area contributed by atoms with E-state index in [9.17, 15) is 4.39 Å². The van der Waals surface area contributed by atoms with Crippen LogP contribution in [0.15, 0.2) is 18.2 Å². The van der Waals surface area contributed by atoms with Crippen LogP contribution in [0.1, 0.15) is 38.2 Å². The number of hydrogen-bond donors (Lipinski definition) is 1. The average molecular weight is 196 g/mol. The highest BCUT2D eigenvalue weighted by molar-refractivity contribution is 5.17. The smallest absolute Gasteiger partial charge is 0.147 e. The van der Waals surface area contributed by atoms with Crippen molar-refractivity contribution in [3.05, 3.63) is 29.6 Å². The van der Waals surface area contributed by atoms with Crippen molar-refractivity contribution in [3.8, 4) is 0 Å². The molecule has 3 heteroatoms. The summed E-state index contributed by atoms with van der Waals surface area (Å²) in [5.41, 5.74) is -0.0171. The van der Waals surface area contributed by atoms with E-state index in [4.69, 9.17) is 0 Å². The molecular formula is C11H17FN2.